The molecule has 0 aliphatic rings. The Morgan fingerprint density at radius 1 is 0.905 bits per heavy atom. The van der Waals surface area contributed by atoms with Crippen molar-refractivity contribution in [3.8, 4) is 28.4 Å². The molecule has 5 aromatic rings. The highest BCUT2D eigenvalue weighted by Gasteiger charge is 2.25. The van der Waals surface area contributed by atoms with Gasteiger partial charge < -0.3 is 24.4 Å². The van der Waals surface area contributed by atoms with Gasteiger partial charge in [-0.1, -0.05) is 18.2 Å². The van der Waals surface area contributed by atoms with E-state index in [1.165, 1.54) is 24.9 Å². The molecule has 0 unspecified atom stereocenters. The molecule has 2 aromatic heterocycles. The van der Waals surface area contributed by atoms with Gasteiger partial charge >= 0.3 is 5.97 Å². The molecule has 2 N–H and O–H groups in total. The summed E-state index contributed by atoms with van der Waals surface area (Å²) in [6.07, 6.45) is 1.57. The third-order valence-corrected chi connectivity index (χ3v) is 6.98. The second-order valence-corrected chi connectivity index (χ2v) is 10.8. The van der Waals surface area contributed by atoms with E-state index in [9.17, 15) is 19.8 Å². The maximum atomic E-state index is 13.8. The monoisotopic (exact) mass is 568 g/mol. The number of para-hydroxylation sites is 1. The van der Waals surface area contributed by atoms with Crippen LogP contribution >= 0.6 is 0 Å². The largest absolute Gasteiger partial charge is 0.493 e. The predicted molar refractivity (Wildman–Crippen MR) is 160 cm³/mol. The SMILES string of the molecule is COc1cc2cc(CO)c(CO)c(-c3cccnc3-n3c(=O)cc(C(=O)OC(C)(C)C)c4ccccc43)c2cc1OC. The van der Waals surface area contributed by atoms with Crippen LogP contribution < -0.4 is 15.0 Å². The summed E-state index contributed by atoms with van der Waals surface area (Å²) in [5.41, 5.74) is 1.49. The Hall–Kier alpha value is -4.73. The van der Waals surface area contributed by atoms with Crippen LogP contribution in [0.4, 0.5) is 0 Å². The summed E-state index contributed by atoms with van der Waals surface area (Å²) in [5, 5.41) is 22.8. The lowest BCUT2D eigenvalue weighted by atomic mass is 9.89. The van der Waals surface area contributed by atoms with E-state index in [1.54, 1.807) is 81.6 Å². The molecule has 42 heavy (non-hydrogen) atoms. The number of methoxy groups -OCH3 is 2. The molecule has 0 fully saturated rings. The molecule has 9 nitrogen and oxygen atoms in total. The summed E-state index contributed by atoms with van der Waals surface area (Å²) >= 11 is 0. The normalized spacial score (nSPS) is 11.6. The lowest BCUT2D eigenvalue weighted by molar-refractivity contribution is 0.00715. The molecule has 0 radical (unpaired) electrons. The van der Waals surface area contributed by atoms with Crippen molar-refractivity contribution in [2.75, 3.05) is 14.2 Å². The molecule has 0 saturated heterocycles. The van der Waals surface area contributed by atoms with Crippen molar-refractivity contribution in [2.45, 2.75) is 39.6 Å². The van der Waals surface area contributed by atoms with E-state index in [0.29, 0.717) is 50.0 Å². The van der Waals surface area contributed by atoms with Crippen molar-refractivity contribution in [2.24, 2.45) is 0 Å². The fourth-order valence-corrected chi connectivity index (χ4v) is 5.23. The first-order valence-corrected chi connectivity index (χ1v) is 13.4. The number of aromatic nitrogens is 2. The molecule has 0 bridgehead atoms. The van der Waals surface area contributed by atoms with Crippen LogP contribution in [0, 0.1) is 0 Å². The zero-order valence-corrected chi connectivity index (χ0v) is 24.1. The van der Waals surface area contributed by atoms with Gasteiger partial charge in [-0.3, -0.25) is 9.36 Å². The Morgan fingerprint density at radius 3 is 2.29 bits per heavy atom. The minimum Gasteiger partial charge on any atom is -0.493 e. The summed E-state index contributed by atoms with van der Waals surface area (Å²) in [6, 6.07) is 17.2. The Balaban J connectivity index is 1.87. The fraction of sp³-hybridized carbons (Fsp3) is 0.242. The van der Waals surface area contributed by atoms with Crippen molar-refractivity contribution >= 4 is 27.6 Å². The number of esters is 1. The molecule has 0 aliphatic heterocycles. The topological polar surface area (TPSA) is 120 Å². The third kappa shape index (κ3) is 5.08. The molecule has 0 saturated carbocycles. The quantitative estimate of drug-likeness (QED) is 0.258. The van der Waals surface area contributed by atoms with Crippen LogP contribution in [0.25, 0.3) is 38.6 Å². The van der Waals surface area contributed by atoms with E-state index in [1.807, 2.05) is 0 Å². The summed E-state index contributed by atoms with van der Waals surface area (Å²) in [7, 11) is 3.07. The summed E-state index contributed by atoms with van der Waals surface area (Å²) < 4.78 is 18.1. The highest BCUT2D eigenvalue weighted by Crippen LogP contribution is 2.42. The van der Waals surface area contributed by atoms with Gasteiger partial charge in [-0.15, -0.1) is 0 Å². The highest BCUT2D eigenvalue weighted by atomic mass is 16.6. The average Bonchev–Trinajstić information content (AvgIpc) is 2.98. The van der Waals surface area contributed by atoms with Crippen molar-refractivity contribution in [3.63, 3.8) is 0 Å². The van der Waals surface area contributed by atoms with Crippen LogP contribution in [0.5, 0.6) is 11.5 Å². The first kappa shape index (κ1) is 28.8. The average molecular weight is 569 g/mol. The van der Waals surface area contributed by atoms with E-state index in [-0.39, 0.29) is 24.6 Å². The summed E-state index contributed by atoms with van der Waals surface area (Å²) in [5.74, 6) is 0.661. The van der Waals surface area contributed by atoms with E-state index < -0.39 is 17.1 Å². The zero-order chi connectivity index (χ0) is 30.2. The molecule has 0 atom stereocenters. The molecule has 3 aromatic carbocycles. The van der Waals surface area contributed by atoms with Gasteiger partial charge in [0.1, 0.15) is 11.4 Å². The Kier molecular flexibility index (Phi) is 7.73. The number of nitrogens with zero attached hydrogens (tertiary/aromatic N) is 2. The van der Waals surface area contributed by atoms with Crippen molar-refractivity contribution in [3.05, 3.63) is 93.9 Å². The summed E-state index contributed by atoms with van der Waals surface area (Å²) in [4.78, 5) is 31.6. The third-order valence-electron chi connectivity index (χ3n) is 6.98. The molecule has 0 amide bonds. The Labute approximate surface area is 242 Å². The van der Waals surface area contributed by atoms with Gasteiger partial charge in [0.25, 0.3) is 5.56 Å². The molecular formula is C33H32N2O7. The van der Waals surface area contributed by atoms with Gasteiger partial charge in [-0.2, -0.15) is 0 Å². The second-order valence-electron chi connectivity index (χ2n) is 10.8. The van der Waals surface area contributed by atoms with Gasteiger partial charge in [0.2, 0.25) is 0 Å². The number of fused-ring (bicyclic) bond motifs is 2. The van der Waals surface area contributed by atoms with Crippen molar-refractivity contribution in [1.29, 1.82) is 0 Å². The highest BCUT2D eigenvalue weighted by molar-refractivity contribution is 6.05. The molecule has 0 aliphatic carbocycles. The number of carbonyl (C=O) groups is 1. The van der Waals surface area contributed by atoms with Crippen LogP contribution in [0.3, 0.4) is 0 Å². The Morgan fingerprint density at radius 2 is 1.62 bits per heavy atom. The van der Waals surface area contributed by atoms with Crippen LogP contribution in [-0.2, 0) is 18.0 Å². The van der Waals surface area contributed by atoms with E-state index in [2.05, 4.69) is 4.98 Å². The summed E-state index contributed by atoms with van der Waals surface area (Å²) in [6.45, 7) is 4.60. The number of ether oxygens (including phenoxy) is 3. The van der Waals surface area contributed by atoms with Crippen molar-refractivity contribution < 1.29 is 29.2 Å². The minimum absolute atomic E-state index is 0.153. The van der Waals surface area contributed by atoms with Gasteiger partial charge in [0, 0.05) is 23.2 Å². The maximum Gasteiger partial charge on any atom is 0.339 e. The van der Waals surface area contributed by atoms with Gasteiger partial charge in [0.15, 0.2) is 11.5 Å². The molecule has 2 heterocycles. The molecule has 5 rings (SSSR count). The van der Waals surface area contributed by atoms with E-state index in [0.717, 1.165) is 5.39 Å². The second kappa shape index (κ2) is 11.3. The number of hydrogen-bond donors (Lipinski definition) is 2. The number of benzene rings is 3. The van der Waals surface area contributed by atoms with Crippen molar-refractivity contribution in [1.82, 2.24) is 9.55 Å². The number of hydrogen-bond acceptors (Lipinski definition) is 8. The fourth-order valence-electron chi connectivity index (χ4n) is 5.23. The van der Waals surface area contributed by atoms with Crippen LogP contribution in [0.2, 0.25) is 0 Å². The maximum absolute atomic E-state index is 13.8. The zero-order valence-electron chi connectivity index (χ0n) is 24.1. The van der Waals surface area contributed by atoms with Gasteiger partial charge in [-0.25, -0.2) is 9.78 Å². The number of aliphatic hydroxyl groups excluding tert-OH is 2. The van der Waals surface area contributed by atoms with E-state index >= 15 is 0 Å². The lowest BCUT2D eigenvalue weighted by Gasteiger charge is -2.22. The molecule has 216 valence electrons. The molecule has 9 heteroatoms. The first-order valence-electron chi connectivity index (χ1n) is 13.4. The minimum atomic E-state index is -0.746. The number of rotatable bonds is 7. The number of carbonyl (C=O) groups excluding carboxylic acids is 1. The van der Waals surface area contributed by atoms with E-state index in [4.69, 9.17) is 14.2 Å². The van der Waals surface area contributed by atoms with Crippen LogP contribution in [-0.4, -0.2) is 45.6 Å². The molecular weight excluding hydrogens is 536 g/mol. The van der Waals surface area contributed by atoms with Gasteiger partial charge in [-0.05, 0) is 84.6 Å². The smallest absolute Gasteiger partial charge is 0.339 e. The van der Waals surface area contributed by atoms with Gasteiger partial charge in [0.05, 0.1) is 38.5 Å². The number of pyridine rings is 2. The number of aliphatic hydroxyl groups is 2. The molecule has 0 spiro atoms. The Bertz CT molecular complexity index is 1880. The standard InChI is InChI=1S/C33H32N2O7/c1-33(2,3)42-32(39)24-16-29(38)35(26-11-7-6-9-21(24)26)31-22(10-8-12-34-31)30-23-15-28(41-5)27(40-4)14-19(23)13-20(17-36)25(30)18-37/h6-16,36-37H,17-18H2,1-5H3. The predicted octanol–water partition coefficient (Wildman–Crippen LogP) is 5.16. The lowest BCUT2D eigenvalue weighted by Crippen LogP contribution is -2.27. The van der Waals surface area contributed by atoms with Crippen LogP contribution in [0.1, 0.15) is 42.3 Å². The first-order chi connectivity index (χ1) is 20.1. The van der Waals surface area contributed by atoms with Crippen LogP contribution in [0.15, 0.2) is 71.7 Å².